The van der Waals surface area contributed by atoms with Gasteiger partial charge in [-0.15, -0.1) is 0 Å². The van der Waals surface area contributed by atoms with Gasteiger partial charge in [0.1, 0.15) is 0 Å². The van der Waals surface area contributed by atoms with Crippen molar-refractivity contribution in [2.45, 2.75) is 89.9 Å². The fourth-order valence-electron chi connectivity index (χ4n) is 3.05. The Morgan fingerprint density at radius 1 is 0.647 bits per heavy atom. The molecule has 104 valence electrons. The van der Waals surface area contributed by atoms with Crippen LogP contribution < -0.4 is 0 Å². The molecule has 0 rings (SSSR count). The normalized spacial score (nSPS) is 13.1. The van der Waals surface area contributed by atoms with Gasteiger partial charge >= 0.3 is 116 Å². The van der Waals surface area contributed by atoms with Crippen molar-refractivity contribution in [3.63, 3.8) is 0 Å². The van der Waals surface area contributed by atoms with Gasteiger partial charge in [-0.05, 0) is 0 Å². The van der Waals surface area contributed by atoms with Crippen molar-refractivity contribution < 1.29 is 0 Å². The molecule has 0 aliphatic heterocycles. The average molecular weight is 408 g/mol. The first-order chi connectivity index (χ1) is 7.93. The van der Waals surface area contributed by atoms with E-state index in [1.54, 1.807) is 32.6 Å². The maximum atomic E-state index is 2.75. The zero-order valence-corrected chi connectivity index (χ0v) is 18.3. The Bertz CT molecular complexity index is 162. The molecule has 0 fully saturated rings. The van der Waals surface area contributed by atoms with Crippen molar-refractivity contribution in [3.05, 3.63) is 0 Å². The predicted molar refractivity (Wildman–Crippen MR) is 88.2 cm³/mol. The molecule has 0 aliphatic rings. The minimum atomic E-state index is -1.72. The first-order valence-corrected chi connectivity index (χ1v) is 28.7. The Labute approximate surface area is 115 Å². The monoisotopic (exact) mass is 410 g/mol. The van der Waals surface area contributed by atoms with Gasteiger partial charge in [0.2, 0.25) is 0 Å². The Balaban J connectivity index is 4.78. The first-order valence-electron chi connectivity index (χ1n) is 7.93. The standard InChI is InChI=1S/3C4H9.C3H9Ge.Sn/c3*1-3-4-2;1-4(2)3;/h3*1,3-4H2,2H3;1-3H3;. The van der Waals surface area contributed by atoms with E-state index >= 15 is 0 Å². The van der Waals surface area contributed by atoms with Crippen LogP contribution >= 0.6 is 0 Å². The van der Waals surface area contributed by atoms with E-state index in [0.29, 0.717) is 0 Å². The molecule has 0 spiro atoms. The van der Waals surface area contributed by atoms with Crippen LogP contribution in [0.5, 0.6) is 0 Å². The molecule has 0 N–H and O–H groups in total. The number of rotatable bonds is 10. The number of hydrogen-bond acceptors (Lipinski definition) is 0. The summed E-state index contributed by atoms with van der Waals surface area (Å²) in [4.78, 5) is 0. The second-order valence-electron chi connectivity index (χ2n) is 6.84. The fourth-order valence-corrected chi connectivity index (χ4v) is 59.6. The SMILES string of the molecule is CCC[CH2][Sn]([CH2]CCC)([CH2]CCC)[Ge]([CH3])([CH3])[CH3]. The second kappa shape index (κ2) is 9.28. The van der Waals surface area contributed by atoms with Crippen molar-refractivity contribution in [2.24, 2.45) is 0 Å². The summed E-state index contributed by atoms with van der Waals surface area (Å²) in [5.74, 6) is 8.24. The van der Waals surface area contributed by atoms with Gasteiger partial charge in [0.05, 0.1) is 0 Å². The van der Waals surface area contributed by atoms with Crippen LogP contribution in [-0.2, 0) is 0 Å². The van der Waals surface area contributed by atoms with Gasteiger partial charge in [-0.3, -0.25) is 0 Å². The molecular formula is C15H36GeSn. The number of unbranched alkanes of at least 4 members (excludes halogenated alkanes) is 3. The van der Waals surface area contributed by atoms with E-state index in [-0.39, 0.29) is 0 Å². The van der Waals surface area contributed by atoms with E-state index in [4.69, 9.17) is 0 Å². The predicted octanol–water partition coefficient (Wildman–Crippen LogP) is 6.25. The van der Waals surface area contributed by atoms with Crippen LogP contribution in [0.25, 0.3) is 0 Å². The van der Waals surface area contributed by atoms with Crippen LogP contribution in [0, 0.1) is 0 Å². The van der Waals surface area contributed by atoms with Crippen LogP contribution in [0.2, 0.25) is 30.6 Å². The molecule has 0 radical (unpaired) electrons. The Hall–Kier alpha value is 1.34. The molecule has 0 aliphatic carbocycles. The first kappa shape index (κ1) is 18.3. The molecule has 0 saturated carbocycles. The summed E-state index contributed by atoms with van der Waals surface area (Å²) in [5, 5.41) is 0. The van der Waals surface area contributed by atoms with Gasteiger partial charge in [-0.25, -0.2) is 0 Å². The Morgan fingerprint density at radius 2 is 0.941 bits per heavy atom. The average Bonchev–Trinajstić information content (AvgIpc) is 2.27. The minimum absolute atomic E-state index is 1.37. The quantitative estimate of drug-likeness (QED) is 0.375. The zero-order chi connectivity index (χ0) is 13.4. The summed E-state index contributed by atoms with van der Waals surface area (Å²) >= 11 is -1.72. The van der Waals surface area contributed by atoms with Gasteiger partial charge in [-0.1, -0.05) is 0 Å². The Kier molecular flexibility index (Phi) is 10.0. The molecule has 0 aromatic carbocycles. The van der Waals surface area contributed by atoms with Crippen LogP contribution in [0.1, 0.15) is 59.3 Å². The molecule has 0 heterocycles. The summed E-state index contributed by atoms with van der Waals surface area (Å²) in [6.07, 6.45) is 8.92. The number of hydrogen-bond donors (Lipinski definition) is 0. The van der Waals surface area contributed by atoms with Crippen molar-refractivity contribution in [1.82, 2.24) is 0 Å². The molecule has 0 aromatic heterocycles. The molecule has 0 aromatic rings. The summed E-state index contributed by atoms with van der Waals surface area (Å²) in [7, 11) is -1.37. The van der Waals surface area contributed by atoms with Crippen molar-refractivity contribution in [1.29, 1.82) is 0 Å². The zero-order valence-electron chi connectivity index (χ0n) is 13.4. The molecule has 0 nitrogen and oxygen atoms in total. The topological polar surface area (TPSA) is 0 Å². The maximum absolute atomic E-state index is 2.75. The van der Waals surface area contributed by atoms with Crippen LogP contribution in [-0.4, -0.2) is 26.0 Å². The van der Waals surface area contributed by atoms with E-state index in [1.807, 2.05) is 0 Å². The summed E-state index contributed by atoms with van der Waals surface area (Å²) < 4.78 is 5.19. The van der Waals surface area contributed by atoms with Crippen molar-refractivity contribution >= 4 is 26.0 Å². The molecule has 2 heteroatoms. The molecule has 0 saturated heterocycles. The van der Waals surface area contributed by atoms with Gasteiger partial charge in [0.25, 0.3) is 0 Å². The van der Waals surface area contributed by atoms with E-state index < -0.39 is 26.0 Å². The van der Waals surface area contributed by atoms with Crippen molar-refractivity contribution in [2.75, 3.05) is 0 Å². The third-order valence-corrected chi connectivity index (χ3v) is 80.3. The second-order valence-corrected chi connectivity index (χ2v) is 65.0. The van der Waals surface area contributed by atoms with E-state index in [2.05, 4.69) is 38.0 Å². The van der Waals surface area contributed by atoms with E-state index in [0.717, 1.165) is 0 Å². The third kappa shape index (κ3) is 6.36. The molecule has 0 unspecified atom stereocenters. The third-order valence-electron chi connectivity index (χ3n) is 4.62. The Morgan fingerprint density at radius 3 is 1.12 bits per heavy atom. The van der Waals surface area contributed by atoms with Gasteiger partial charge in [-0.2, -0.15) is 0 Å². The van der Waals surface area contributed by atoms with Crippen molar-refractivity contribution in [3.8, 4) is 0 Å². The molecule has 0 atom stereocenters. The van der Waals surface area contributed by atoms with E-state index in [1.165, 1.54) is 19.3 Å². The summed E-state index contributed by atoms with van der Waals surface area (Å²) in [5.41, 5.74) is 0. The van der Waals surface area contributed by atoms with Gasteiger partial charge in [0.15, 0.2) is 0 Å². The van der Waals surface area contributed by atoms with Crippen LogP contribution in [0.4, 0.5) is 0 Å². The summed E-state index contributed by atoms with van der Waals surface area (Å²) in [6.45, 7) is 7.14. The molecular weight excluding hydrogens is 371 g/mol. The van der Waals surface area contributed by atoms with Gasteiger partial charge < -0.3 is 0 Å². The van der Waals surface area contributed by atoms with Gasteiger partial charge in [0, 0.05) is 0 Å². The van der Waals surface area contributed by atoms with E-state index in [9.17, 15) is 0 Å². The molecule has 17 heavy (non-hydrogen) atoms. The molecule has 0 bridgehead atoms. The van der Waals surface area contributed by atoms with Crippen LogP contribution in [0.3, 0.4) is 0 Å². The fraction of sp³-hybridized carbons (Fsp3) is 1.00. The summed E-state index contributed by atoms with van der Waals surface area (Å²) in [6, 6.07) is 0. The molecule has 0 amide bonds. The van der Waals surface area contributed by atoms with Crippen LogP contribution in [0.15, 0.2) is 0 Å².